The molecule has 26 heavy (non-hydrogen) atoms. The minimum absolute atomic E-state index is 0.198. The number of aromatic nitrogens is 3. The van der Waals surface area contributed by atoms with E-state index in [1.165, 1.54) is 29.1 Å². The van der Waals surface area contributed by atoms with E-state index in [1.54, 1.807) is 0 Å². The van der Waals surface area contributed by atoms with Gasteiger partial charge in [0.15, 0.2) is 5.82 Å². The van der Waals surface area contributed by atoms with E-state index in [1.807, 2.05) is 0 Å². The molecular formula is C18H13F3N4O. The van der Waals surface area contributed by atoms with E-state index >= 15 is 0 Å². The maximum absolute atomic E-state index is 13.3. The van der Waals surface area contributed by atoms with Gasteiger partial charge in [0, 0.05) is 18.3 Å². The lowest BCUT2D eigenvalue weighted by atomic mass is 10.0. The normalized spacial score (nSPS) is 14.9. The number of rotatable bonds is 4. The summed E-state index contributed by atoms with van der Waals surface area (Å²) in [5, 5.41) is 6.81. The lowest BCUT2D eigenvalue weighted by molar-refractivity contribution is -0.118. The van der Waals surface area contributed by atoms with Gasteiger partial charge in [0.05, 0.1) is 23.0 Å². The summed E-state index contributed by atoms with van der Waals surface area (Å²) in [6, 6.07) is 7.31. The Morgan fingerprint density at radius 1 is 1.04 bits per heavy atom. The monoisotopic (exact) mass is 358 g/mol. The third-order valence-corrected chi connectivity index (χ3v) is 4.34. The van der Waals surface area contributed by atoms with Crippen LogP contribution < -0.4 is 5.32 Å². The van der Waals surface area contributed by atoms with E-state index in [2.05, 4.69) is 15.4 Å². The highest BCUT2D eigenvalue weighted by Crippen LogP contribution is 2.48. The molecule has 132 valence electrons. The average molecular weight is 358 g/mol. The highest BCUT2D eigenvalue weighted by atomic mass is 19.1. The molecule has 3 aromatic rings. The molecule has 0 spiro atoms. The number of benzene rings is 1. The molecule has 0 saturated heterocycles. The quantitative estimate of drug-likeness (QED) is 0.778. The minimum atomic E-state index is -0.789. The number of nitrogens with zero attached hydrogens (tertiary/aromatic N) is 3. The molecule has 0 radical (unpaired) electrons. The van der Waals surface area contributed by atoms with Crippen LogP contribution in [0.3, 0.4) is 0 Å². The van der Waals surface area contributed by atoms with Crippen molar-refractivity contribution >= 4 is 11.7 Å². The average Bonchev–Trinajstić information content (AvgIpc) is 3.28. The number of pyridine rings is 1. The van der Waals surface area contributed by atoms with Crippen molar-refractivity contribution in [2.24, 2.45) is 0 Å². The number of anilines is 1. The van der Waals surface area contributed by atoms with E-state index < -0.39 is 22.9 Å². The number of hydrogen-bond acceptors (Lipinski definition) is 3. The van der Waals surface area contributed by atoms with Gasteiger partial charge in [0.25, 0.3) is 0 Å². The van der Waals surface area contributed by atoms with Crippen LogP contribution in [0.4, 0.5) is 19.0 Å². The van der Waals surface area contributed by atoms with E-state index in [9.17, 15) is 18.0 Å². The van der Waals surface area contributed by atoms with Crippen molar-refractivity contribution in [2.45, 2.75) is 18.3 Å². The molecule has 8 heteroatoms. The van der Waals surface area contributed by atoms with Crippen molar-refractivity contribution in [3.8, 4) is 5.69 Å². The molecule has 2 heterocycles. The fraction of sp³-hybridized carbons (Fsp3) is 0.167. The standard InChI is InChI=1S/C18H13F3N4O/c19-11-1-2-15(22-10-11)18(4-5-18)17(26)23-16-3-6-25(24-16)14-8-12(20)7-13(21)9-14/h1-3,6-10H,4-5H2,(H,23,24,26). The smallest absolute Gasteiger partial charge is 0.237 e. The van der Waals surface area contributed by atoms with Gasteiger partial charge in [-0.15, -0.1) is 0 Å². The molecule has 0 bridgehead atoms. The van der Waals surface area contributed by atoms with Crippen LogP contribution in [0.5, 0.6) is 0 Å². The molecule has 1 N–H and O–H groups in total. The van der Waals surface area contributed by atoms with Gasteiger partial charge < -0.3 is 5.32 Å². The Morgan fingerprint density at radius 2 is 1.77 bits per heavy atom. The maximum atomic E-state index is 13.3. The molecule has 1 aromatic carbocycles. The first-order chi connectivity index (χ1) is 12.5. The summed E-state index contributed by atoms with van der Waals surface area (Å²) in [7, 11) is 0. The van der Waals surface area contributed by atoms with E-state index in [-0.39, 0.29) is 17.4 Å². The second-order valence-electron chi connectivity index (χ2n) is 6.17. The SMILES string of the molecule is O=C(Nc1ccn(-c2cc(F)cc(F)c2)n1)C1(c2ccc(F)cn2)CC1. The molecule has 4 rings (SSSR count). The third kappa shape index (κ3) is 2.94. The first-order valence-corrected chi connectivity index (χ1v) is 7.92. The lowest BCUT2D eigenvalue weighted by Gasteiger charge is -2.13. The third-order valence-electron chi connectivity index (χ3n) is 4.34. The first-order valence-electron chi connectivity index (χ1n) is 7.92. The van der Waals surface area contributed by atoms with Crippen LogP contribution in [0.25, 0.3) is 5.69 Å². The van der Waals surface area contributed by atoms with Crippen molar-refractivity contribution in [3.63, 3.8) is 0 Å². The second kappa shape index (κ2) is 5.98. The van der Waals surface area contributed by atoms with Crippen molar-refractivity contribution < 1.29 is 18.0 Å². The highest BCUT2D eigenvalue weighted by Gasteiger charge is 2.52. The number of carbonyl (C=O) groups excluding carboxylic acids is 1. The summed E-state index contributed by atoms with van der Waals surface area (Å²) in [5.41, 5.74) is -0.0880. The van der Waals surface area contributed by atoms with E-state index in [0.717, 1.165) is 24.4 Å². The summed E-state index contributed by atoms with van der Waals surface area (Å²) in [5.74, 6) is -1.97. The summed E-state index contributed by atoms with van der Waals surface area (Å²) in [4.78, 5) is 16.6. The van der Waals surface area contributed by atoms with Crippen LogP contribution in [0.1, 0.15) is 18.5 Å². The fourth-order valence-electron chi connectivity index (χ4n) is 2.83. The second-order valence-corrected chi connectivity index (χ2v) is 6.17. The van der Waals surface area contributed by atoms with Gasteiger partial charge in [-0.2, -0.15) is 5.10 Å². The zero-order chi connectivity index (χ0) is 18.3. The predicted molar refractivity (Wildman–Crippen MR) is 87.2 cm³/mol. The lowest BCUT2D eigenvalue weighted by Crippen LogP contribution is -2.29. The number of carbonyl (C=O) groups is 1. The van der Waals surface area contributed by atoms with Crippen LogP contribution in [0.15, 0.2) is 48.8 Å². The number of amides is 1. The van der Waals surface area contributed by atoms with Gasteiger partial charge in [-0.3, -0.25) is 9.78 Å². The van der Waals surface area contributed by atoms with E-state index in [0.29, 0.717) is 18.5 Å². The molecule has 5 nitrogen and oxygen atoms in total. The molecule has 0 unspecified atom stereocenters. The summed E-state index contributed by atoms with van der Waals surface area (Å²) in [6.07, 6.45) is 3.77. The zero-order valence-electron chi connectivity index (χ0n) is 13.4. The molecule has 1 aliphatic rings. The van der Waals surface area contributed by atoms with Crippen molar-refractivity contribution in [3.05, 3.63) is 71.9 Å². The molecule has 0 atom stereocenters. The molecule has 0 aliphatic heterocycles. The van der Waals surface area contributed by atoms with Crippen molar-refractivity contribution in [1.29, 1.82) is 0 Å². The Labute approximate surface area is 146 Å². The Kier molecular flexibility index (Phi) is 3.75. The zero-order valence-corrected chi connectivity index (χ0v) is 13.4. The summed E-state index contributed by atoms with van der Waals surface area (Å²) in [6.45, 7) is 0. The van der Waals surface area contributed by atoms with Gasteiger partial charge in [-0.05, 0) is 37.1 Å². The number of hydrogen-bond donors (Lipinski definition) is 1. The predicted octanol–water partition coefficient (Wildman–Crippen LogP) is 3.35. The first kappa shape index (κ1) is 16.3. The molecule has 1 amide bonds. The Hall–Kier alpha value is -3.16. The molecular weight excluding hydrogens is 345 g/mol. The Balaban J connectivity index is 1.54. The fourth-order valence-corrected chi connectivity index (χ4v) is 2.83. The van der Waals surface area contributed by atoms with E-state index in [4.69, 9.17) is 0 Å². The van der Waals surface area contributed by atoms with Gasteiger partial charge in [0.1, 0.15) is 17.5 Å². The molecule has 1 aliphatic carbocycles. The van der Waals surface area contributed by atoms with Crippen LogP contribution in [-0.2, 0) is 10.2 Å². The van der Waals surface area contributed by atoms with Crippen molar-refractivity contribution in [1.82, 2.24) is 14.8 Å². The largest absolute Gasteiger partial charge is 0.308 e. The van der Waals surface area contributed by atoms with Crippen LogP contribution in [0.2, 0.25) is 0 Å². The minimum Gasteiger partial charge on any atom is -0.308 e. The van der Waals surface area contributed by atoms with Gasteiger partial charge in [0.2, 0.25) is 5.91 Å². The topological polar surface area (TPSA) is 59.8 Å². The number of nitrogens with one attached hydrogen (secondary N) is 1. The van der Waals surface area contributed by atoms with Crippen LogP contribution in [0, 0.1) is 17.5 Å². The van der Waals surface area contributed by atoms with Crippen LogP contribution >= 0.6 is 0 Å². The summed E-state index contributed by atoms with van der Waals surface area (Å²) < 4.78 is 40.9. The summed E-state index contributed by atoms with van der Waals surface area (Å²) >= 11 is 0. The maximum Gasteiger partial charge on any atom is 0.237 e. The van der Waals surface area contributed by atoms with Gasteiger partial charge in [-0.1, -0.05) is 0 Å². The molecule has 1 fully saturated rings. The molecule has 1 saturated carbocycles. The Bertz CT molecular complexity index is 960. The van der Waals surface area contributed by atoms with Gasteiger partial charge in [-0.25, -0.2) is 17.9 Å². The Morgan fingerprint density at radius 3 is 2.38 bits per heavy atom. The highest BCUT2D eigenvalue weighted by molar-refractivity contribution is 6.00. The number of halogens is 3. The van der Waals surface area contributed by atoms with Gasteiger partial charge >= 0.3 is 0 Å². The van der Waals surface area contributed by atoms with Crippen LogP contribution in [-0.4, -0.2) is 20.7 Å². The molecule has 2 aromatic heterocycles. The van der Waals surface area contributed by atoms with Crippen molar-refractivity contribution in [2.75, 3.05) is 5.32 Å².